The first kappa shape index (κ1) is 19.9. The zero-order valence-corrected chi connectivity index (χ0v) is 17.5. The summed E-state index contributed by atoms with van der Waals surface area (Å²) in [6, 6.07) is 15.2. The third-order valence-electron chi connectivity index (χ3n) is 4.50. The highest BCUT2D eigenvalue weighted by molar-refractivity contribution is 8.00. The van der Waals surface area contributed by atoms with Gasteiger partial charge in [0.05, 0.1) is 18.1 Å². The minimum atomic E-state index is -0.368. The molecule has 1 N–H and O–H groups in total. The number of carbonyl (C=O) groups is 1. The van der Waals surface area contributed by atoms with E-state index in [2.05, 4.69) is 20.5 Å². The van der Waals surface area contributed by atoms with Crippen LogP contribution in [0.4, 0.5) is 5.69 Å². The minimum Gasteiger partial charge on any atom is -0.467 e. The van der Waals surface area contributed by atoms with Gasteiger partial charge in [-0.15, -0.1) is 10.2 Å². The van der Waals surface area contributed by atoms with Crippen LogP contribution in [0.3, 0.4) is 0 Å². The molecule has 0 spiro atoms. The quantitative estimate of drug-likeness (QED) is 0.447. The fourth-order valence-corrected chi connectivity index (χ4v) is 3.73. The number of anilines is 1. The highest BCUT2D eigenvalue weighted by atomic mass is 32.2. The van der Waals surface area contributed by atoms with Gasteiger partial charge in [-0.05, 0) is 50.2 Å². The molecule has 4 rings (SSSR count). The van der Waals surface area contributed by atoms with E-state index >= 15 is 0 Å². The Bertz CT molecular complexity index is 1110. The fourth-order valence-electron chi connectivity index (χ4n) is 2.88. The number of pyridine rings is 1. The van der Waals surface area contributed by atoms with Gasteiger partial charge in [0.15, 0.2) is 11.0 Å². The van der Waals surface area contributed by atoms with Crippen LogP contribution in [0.15, 0.2) is 76.8 Å². The van der Waals surface area contributed by atoms with E-state index in [-0.39, 0.29) is 11.2 Å². The highest BCUT2D eigenvalue weighted by Crippen LogP contribution is 2.28. The van der Waals surface area contributed by atoms with Crippen molar-refractivity contribution in [1.82, 2.24) is 19.7 Å². The Morgan fingerprint density at radius 2 is 2.00 bits per heavy atom. The van der Waals surface area contributed by atoms with Crippen LogP contribution in [-0.4, -0.2) is 30.9 Å². The Kier molecular flexibility index (Phi) is 5.94. The number of nitrogens with one attached hydrogen (secondary N) is 1. The molecular weight excluding hydrogens is 398 g/mol. The Labute approximate surface area is 178 Å². The molecule has 1 amide bonds. The summed E-state index contributed by atoms with van der Waals surface area (Å²) in [5, 5.41) is 11.9. The van der Waals surface area contributed by atoms with Crippen LogP contribution in [0.2, 0.25) is 0 Å². The van der Waals surface area contributed by atoms with Crippen LogP contribution >= 0.6 is 11.8 Å². The average molecular weight is 420 g/mol. The van der Waals surface area contributed by atoms with Gasteiger partial charge in [-0.2, -0.15) is 0 Å². The van der Waals surface area contributed by atoms with Gasteiger partial charge in [-0.25, -0.2) is 0 Å². The molecule has 1 aromatic carbocycles. The van der Waals surface area contributed by atoms with Gasteiger partial charge in [0.1, 0.15) is 5.76 Å². The van der Waals surface area contributed by atoms with Crippen molar-refractivity contribution in [1.29, 1.82) is 0 Å². The third-order valence-corrected chi connectivity index (χ3v) is 5.58. The van der Waals surface area contributed by atoms with Crippen LogP contribution in [-0.2, 0) is 11.3 Å². The summed E-state index contributed by atoms with van der Waals surface area (Å²) in [7, 11) is 0. The van der Waals surface area contributed by atoms with Crippen LogP contribution in [0.25, 0.3) is 11.4 Å². The molecule has 0 radical (unpaired) electrons. The maximum atomic E-state index is 12.7. The van der Waals surface area contributed by atoms with Crippen molar-refractivity contribution < 1.29 is 9.21 Å². The first-order valence-corrected chi connectivity index (χ1v) is 10.4. The molecule has 0 aliphatic carbocycles. The molecule has 152 valence electrons. The van der Waals surface area contributed by atoms with Gasteiger partial charge in [0, 0.05) is 23.6 Å². The van der Waals surface area contributed by atoms with E-state index in [0.29, 0.717) is 17.5 Å². The summed E-state index contributed by atoms with van der Waals surface area (Å²) in [5.41, 5.74) is 2.76. The Balaban J connectivity index is 1.56. The van der Waals surface area contributed by atoms with E-state index in [1.807, 2.05) is 66.9 Å². The van der Waals surface area contributed by atoms with E-state index in [1.165, 1.54) is 11.8 Å². The maximum Gasteiger partial charge on any atom is 0.237 e. The number of aryl methyl sites for hydroxylation is 1. The van der Waals surface area contributed by atoms with E-state index in [4.69, 9.17) is 4.42 Å². The number of furan rings is 1. The Morgan fingerprint density at radius 1 is 1.17 bits per heavy atom. The summed E-state index contributed by atoms with van der Waals surface area (Å²) in [4.78, 5) is 16.9. The molecule has 3 heterocycles. The number of aromatic nitrogens is 4. The Hall–Kier alpha value is -3.39. The highest BCUT2D eigenvalue weighted by Gasteiger charge is 2.21. The van der Waals surface area contributed by atoms with Crippen LogP contribution < -0.4 is 5.32 Å². The van der Waals surface area contributed by atoms with E-state index in [9.17, 15) is 4.79 Å². The molecule has 0 unspecified atom stereocenters. The summed E-state index contributed by atoms with van der Waals surface area (Å²) >= 11 is 1.35. The summed E-state index contributed by atoms with van der Waals surface area (Å²) < 4.78 is 7.45. The van der Waals surface area contributed by atoms with Gasteiger partial charge < -0.3 is 9.73 Å². The molecular formula is C22H21N5O2S. The number of thioether (sulfide) groups is 1. The number of nitrogens with zero attached hydrogens (tertiary/aromatic N) is 4. The lowest BCUT2D eigenvalue weighted by atomic mass is 10.2. The van der Waals surface area contributed by atoms with Crippen molar-refractivity contribution in [2.75, 3.05) is 5.32 Å². The van der Waals surface area contributed by atoms with Crippen molar-refractivity contribution in [3.63, 3.8) is 0 Å². The monoisotopic (exact) mass is 419 g/mol. The third kappa shape index (κ3) is 4.60. The summed E-state index contributed by atoms with van der Waals surface area (Å²) in [6.45, 7) is 4.32. The molecule has 4 aromatic rings. The minimum absolute atomic E-state index is 0.0978. The summed E-state index contributed by atoms with van der Waals surface area (Å²) in [5.74, 6) is 1.35. The van der Waals surface area contributed by atoms with Crippen molar-refractivity contribution in [3.8, 4) is 11.4 Å². The van der Waals surface area contributed by atoms with Crippen LogP contribution in [0, 0.1) is 6.92 Å². The first-order valence-electron chi connectivity index (χ1n) is 9.50. The van der Waals surface area contributed by atoms with Crippen molar-refractivity contribution in [2.45, 2.75) is 30.8 Å². The van der Waals surface area contributed by atoms with Crippen LogP contribution in [0.5, 0.6) is 0 Å². The van der Waals surface area contributed by atoms with Gasteiger partial charge >= 0.3 is 0 Å². The molecule has 0 bridgehead atoms. The van der Waals surface area contributed by atoms with Gasteiger partial charge in [0.2, 0.25) is 5.91 Å². The molecule has 0 aliphatic rings. The first-order chi connectivity index (χ1) is 14.6. The number of carbonyl (C=O) groups excluding carboxylic acids is 1. The standard InChI is InChI=1S/C22H21N5O2S/c1-15-7-9-18(10-8-15)24-21(28)16(2)30-22-26-25-20(17-5-3-11-23-13-17)27(22)14-19-6-4-12-29-19/h3-13,16H,14H2,1-2H3,(H,24,28)/t16-/m1/s1. The molecule has 30 heavy (non-hydrogen) atoms. The molecule has 0 fully saturated rings. The number of amides is 1. The molecule has 1 atom stereocenters. The zero-order chi connectivity index (χ0) is 20.9. The lowest BCUT2D eigenvalue weighted by Gasteiger charge is -2.13. The van der Waals surface area contributed by atoms with E-state index in [1.54, 1.807) is 18.7 Å². The molecule has 3 aromatic heterocycles. The van der Waals surface area contributed by atoms with Crippen LogP contribution in [0.1, 0.15) is 18.2 Å². The molecule has 0 saturated heterocycles. The largest absolute Gasteiger partial charge is 0.467 e. The number of hydrogen-bond donors (Lipinski definition) is 1. The number of rotatable bonds is 7. The average Bonchev–Trinajstić information content (AvgIpc) is 3.41. The SMILES string of the molecule is Cc1ccc(NC(=O)[C@@H](C)Sc2nnc(-c3cccnc3)n2Cc2ccco2)cc1. The fraction of sp³-hybridized carbons (Fsp3) is 0.182. The normalized spacial score (nSPS) is 11.9. The van der Waals surface area contributed by atoms with Gasteiger partial charge in [-0.1, -0.05) is 29.5 Å². The molecule has 7 nitrogen and oxygen atoms in total. The summed E-state index contributed by atoms with van der Waals surface area (Å²) in [6.07, 6.45) is 5.09. The second-order valence-corrected chi connectivity index (χ2v) is 8.14. The lowest BCUT2D eigenvalue weighted by Crippen LogP contribution is -2.23. The van der Waals surface area contributed by atoms with E-state index in [0.717, 1.165) is 22.6 Å². The van der Waals surface area contributed by atoms with Crippen molar-refractivity contribution in [3.05, 3.63) is 78.5 Å². The Morgan fingerprint density at radius 3 is 2.70 bits per heavy atom. The van der Waals surface area contributed by atoms with Crippen molar-refractivity contribution in [2.24, 2.45) is 0 Å². The zero-order valence-electron chi connectivity index (χ0n) is 16.6. The van der Waals surface area contributed by atoms with Gasteiger partial charge in [-0.3, -0.25) is 14.3 Å². The second kappa shape index (κ2) is 8.96. The number of benzene rings is 1. The maximum absolute atomic E-state index is 12.7. The van der Waals surface area contributed by atoms with Gasteiger partial charge in [0.25, 0.3) is 0 Å². The number of hydrogen-bond acceptors (Lipinski definition) is 6. The topological polar surface area (TPSA) is 85.8 Å². The molecule has 8 heteroatoms. The van der Waals surface area contributed by atoms with E-state index < -0.39 is 0 Å². The lowest BCUT2D eigenvalue weighted by molar-refractivity contribution is -0.115. The smallest absolute Gasteiger partial charge is 0.237 e. The predicted molar refractivity (Wildman–Crippen MR) is 116 cm³/mol. The second-order valence-electron chi connectivity index (χ2n) is 6.83. The molecule has 0 aliphatic heterocycles. The van der Waals surface area contributed by atoms with Crippen molar-refractivity contribution >= 4 is 23.4 Å². The predicted octanol–water partition coefficient (Wildman–Crippen LogP) is 4.41. The molecule has 0 saturated carbocycles.